The van der Waals surface area contributed by atoms with E-state index < -0.39 is 5.91 Å². The predicted octanol–water partition coefficient (Wildman–Crippen LogP) is 3.51. The van der Waals surface area contributed by atoms with Crippen LogP contribution in [0, 0.1) is 5.92 Å². The fraction of sp³-hybridized carbons (Fsp3) is 0.323. The molecule has 1 atom stereocenters. The van der Waals surface area contributed by atoms with Gasteiger partial charge < -0.3 is 25.8 Å². The molecular weight excluding hydrogens is 560 g/mol. The Balaban J connectivity index is 1.32. The molecule has 13 nitrogen and oxygen atoms in total. The van der Waals surface area contributed by atoms with Crippen LogP contribution >= 0.6 is 0 Å². The number of aryl methyl sites for hydroxylation is 1. The Labute approximate surface area is 254 Å². The van der Waals surface area contributed by atoms with Gasteiger partial charge in [0.1, 0.15) is 5.69 Å². The quantitative estimate of drug-likeness (QED) is 0.278. The lowest BCUT2D eigenvalue weighted by molar-refractivity contribution is -0.117. The minimum Gasteiger partial charge on any atom is -0.366 e. The van der Waals surface area contributed by atoms with Crippen molar-refractivity contribution >= 4 is 40.6 Å². The zero-order valence-electron chi connectivity index (χ0n) is 25.3. The van der Waals surface area contributed by atoms with Crippen LogP contribution in [0.1, 0.15) is 58.0 Å². The molecule has 0 radical (unpaired) electrons. The van der Waals surface area contributed by atoms with E-state index in [9.17, 15) is 14.4 Å². The summed E-state index contributed by atoms with van der Waals surface area (Å²) in [5, 5.41) is 21.3. The topological polar surface area (TPSA) is 150 Å². The highest BCUT2D eigenvalue weighted by Crippen LogP contribution is 2.48. The molecule has 3 amide bonds. The van der Waals surface area contributed by atoms with Crippen LogP contribution in [0.25, 0.3) is 11.1 Å². The second-order valence-corrected chi connectivity index (χ2v) is 11.2. The molecule has 6 rings (SSSR count). The maximum atomic E-state index is 13.3. The molecule has 13 heteroatoms. The highest BCUT2D eigenvalue weighted by molar-refractivity contribution is 6.01. The minimum atomic E-state index is -0.411. The minimum absolute atomic E-state index is 0.00568. The SMILES string of the molecule is CNC(=O)c1nnc(NC(=O)C2CC2)cc1Nc1cccc2c1N(C)[C@H](C)c1cc(C(=O)N(C)Cc3ccn(C)n3)ncc1-2. The summed E-state index contributed by atoms with van der Waals surface area (Å²) in [4.78, 5) is 46.7. The van der Waals surface area contributed by atoms with Crippen molar-refractivity contribution in [3.05, 3.63) is 71.4 Å². The summed E-state index contributed by atoms with van der Waals surface area (Å²) in [6.45, 7) is 2.44. The molecule has 2 aliphatic rings. The van der Waals surface area contributed by atoms with Crippen molar-refractivity contribution in [3.8, 4) is 11.1 Å². The molecule has 1 aromatic carbocycles. The normalized spacial score (nSPS) is 15.2. The lowest BCUT2D eigenvalue weighted by Crippen LogP contribution is -2.30. The van der Waals surface area contributed by atoms with Crippen LogP contribution in [-0.2, 0) is 18.4 Å². The number of nitrogens with zero attached hydrogens (tertiary/aromatic N) is 7. The second kappa shape index (κ2) is 11.4. The fourth-order valence-electron chi connectivity index (χ4n) is 5.41. The molecule has 1 aliphatic heterocycles. The van der Waals surface area contributed by atoms with Gasteiger partial charge in [0.15, 0.2) is 11.5 Å². The van der Waals surface area contributed by atoms with Crippen LogP contribution in [0.15, 0.2) is 48.8 Å². The van der Waals surface area contributed by atoms with Gasteiger partial charge in [0, 0.05) is 63.7 Å². The van der Waals surface area contributed by atoms with Crippen molar-refractivity contribution in [2.24, 2.45) is 13.0 Å². The van der Waals surface area contributed by atoms with E-state index in [2.05, 4.69) is 48.1 Å². The first kappa shape index (κ1) is 28.8. The highest BCUT2D eigenvalue weighted by Gasteiger charge is 2.32. The highest BCUT2D eigenvalue weighted by atomic mass is 16.2. The number of carbonyl (C=O) groups excluding carboxylic acids is 3. The summed E-state index contributed by atoms with van der Waals surface area (Å²) in [6.07, 6.45) is 5.31. The number of nitrogens with one attached hydrogen (secondary N) is 3. The van der Waals surface area contributed by atoms with Crippen molar-refractivity contribution < 1.29 is 14.4 Å². The smallest absolute Gasteiger partial charge is 0.273 e. The van der Waals surface area contributed by atoms with Crippen LogP contribution in [0.5, 0.6) is 0 Å². The summed E-state index contributed by atoms with van der Waals surface area (Å²) in [5.74, 6) is -0.442. The molecule has 3 aromatic heterocycles. The predicted molar refractivity (Wildman–Crippen MR) is 166 cm³/mol. The van der Waals surface area contributed by atoms with Gasteiger partial charge >= 0.3 is 0 Å². The maximum absolute atomic E-state index is 13.3. The van der Waals surface area contributed by atoms with E-state index in [-0.39, 0.29) is 35.3 Å². The summed E-state index contributed by atoms with van der Waals surface area (Å²) in [6, 6.07) is 11.1. The van der Waals surface area contributed by atoms with Gasteiger partial charge in [0.25, 0.3) is 11.8 Å². The largest absolute Gasteiger partial charge is 0.366 e. The number of amides is 3. The number of carbonyl (C=O) groups is 3. The number of hydrogen-bond donors (Lipinski definition) is 3. The molecule has 1 fully saturated rings. The number of pyridine rings is 1. The van der Waals surface area contributed by atoms with Crippen molar-refractivity contribution in [1.29, 1.82) is 0 Å². The van der Waals surface area contributed by atoms with Gasteiger partial charge in [-0.1, -0.05) is 12.1 Å². The Morgan fingerprint density at radius 2 is 1.84 bits per heavy atom. The van der Waals surface area contributed by atoms with Crippen LogP contribution < -0.4 is 20.9 Å². The molecule has 1 aliphatic carbocycles. The van der Waals surface area contributed by atoms with Crippen LogP contribution in [-0.4, -0.2) is 68.7 Å². The molecule has 0 bridgehead atoms. The van der Waals surface area contributed by atoms with Crippen molar-refractivity contribution in [1.82, 2.24) is 35.2 Å². The molecule has 4 aromatic rings. The summed E-state index contributed by atoms with van der Waals surface area (Å²) in [5.41, 5.74) is 6.09. The molecule has 44 heavy (non-hydrogen) atoms. The van der Waals surface area contributed by atoms with E-state index in [4.69, 9.17) is 0 Å². The zero-order chi connectivity index (χ0) is 31.1. The second-order valence-electron chi connectivity index (χ2n) is 11.2. The van der Waals surface area contributed by atoms with Gasteiger partial charge in [0.05, 0.1) is 35.3 Å². The first-order valence-electron chi connectivity index (χ1n) is 14.4. The van der Waals surface area contributed by atoms with Gasteiger partial charge in [-0.2, -0.15) is 5.10 Å². The molecule has 0 spiro atoms. The number of anilines is 4. The standard InChI is InChI=1S/C31H34N10O3/c1-17-21-13-25(31(44)39(3)16-19-11-12-40(4)38-19)33-15-22(21)20-7-6-8-23(28(20)41(17)5)34-24-14-26(35-29(42)18-9-10-18)36-37-27(24)30(43)32-2/h6-8,11-15,17-18H,9-10,16H2,1-5H3,(H,32,43)(H2,34,35,36,42)/t17-/m1/s1. The number of para-hydroxylation sites is 1. The summed E-state index contributed by atoms with van der Waals surface area (Å²) < 4.78 is 1.71. The average Bonchev–Trinajstić information content (AvgIpc) is 3.80. The molecule has 226 valence electrons. The maximum Gasteiger partial charge on any atom is 0.273 e. The first-order valence-corrected chi connectivity index (χ1v) is 14.4. The average molecular weight is 595 g/mol. The lowest BCUT2D eigenvalue weighted by atomic mass is 9.89. The number of hydrogen-bond acceptors (Lipinski definition) is 9. The Morgan fingerprint density at radius 1 is 1.05 bits per heavy atom. The van der Waals surface area contributed by atoms with E-state index >= 15 is 0 Å². The van der Waals surface area contributed by atoms with E-state index in [1.165, 1.54) is 7.05 Å². The molecule has 0 unspecified atom stereocenters. The third kappa shape index (κ3) is 5.43. The van der Waals surface area contributed by atoms with Crippen molar-refractivity contribution in [2.45, 2.75) is 32.4 Å². The van der Waals surface area contributed by atoms with Crippen LogP contribution in [0.2, 0.25) is 0 Å². The van der Waals surface area contributed by atoms with E-state index in [0.717, 1.165) is 46.6 Å². The van der Waals surface area contributed by atoms with Crippen molar-refractivity contribution in [3.63, 3.8) is 0 Å². The third-order valence-electron chi connectivity index (χ3n) is 8.08. The van der Waals surface area contributed by atoms with Gasteiger partial charge in [-0.05, 0) is 43.5 Å². The Hall–Kier alpha value is -5.33. The zero-order valence-corrected chi connectivity index (χ0v) is 25.3. The Kier molecular flexibility index (Phi) is 7.45. The Morgan fingerprint density at radius 3 is 2.55 bits per heavy atom. The number of aromatic nitrogens is 5. The first-order chi connectivity index (χ1) is 21.1. The van der Waals surface area contributed by atoms with E-state index in [1.54, 1.807) is 28.9 Å². The number of benzene rings is 1. The van der Waals surface area contributed by atoms with E-state index in [1.807, 2.05) is 50.6 Å². The monoisotopic (exact) mass is 594 g/mol. The van der Waals surface area contributed by atoms with Gasteiger partial charge in [-0.25, -0.2) is 0 Å². The van der Waals surface area contributed by atoms with E-state index in [0.29, 0.717) is 17.9 Å². The summed E-state index contributed by atoms with van der Waals surface area (Å²) >= 11 is 0. The van der Waals surface area contributed by atoms with Crippen molar-refractivity contribution in [2.75, 3.05) is 36.7 Å². The van der Waals surface area contributed by atoms with Crippen LogP contribution in [0.4, 0.5) is 22.9 Å². The number of rotatable bonds is 8. The van der Waals surface area contributed by atoms with Gasteiger partial charge in [-0.15, -0.1) is 10.2 Å². The fourth-order valence-corrected chi connectivity index (χ4v) is 5.41. The molecule has 3 N–H and O–H groups in total. The Bertz CT molecular complexity index is 1780. The number of fused-ring (bicyclic) bond motifs is 3. The molecular formula is C31H34N10O3. The molecule has 0 saturated heterocycles. The molecule has 1 saturated carbocycles. The lowest BCUT2D eigenvalue weighted by Gasteiger charge is -2.37. The van der Waals surface area contributed by atoms with Crippen LogP contribution in [0.3, 0.4) is 0 Å². The molecule has 4 heterocycles. The van der Waals surface area contributed by atoms with Gasteiger partial charge in [-0.3, -0.25) is 24.0 Å². The summed E-state index contributed by atoms with van der Waals surface area (Å²) in [7, 11) is 7.09. The third-order valence-corrected chi connectivity index (χ3v) is 8.08. The van der Waals surface area contributed by atoms with Gasteiger partial charge in [0.2, 0.25) is 5.91 Å².